The third kappa shape index (κ3) is 3.43. The van der Waals surface area contributed by atoms with Gasteiger partial charge >= 0.3 is 0 Å². The summed E-state index contributed by atoms with van der Waals surface area (Å²) in [6, 6.07) is 5.56. The van der Waals surface area contributed by atoms with Crippen LogP contribution in [0.4, 0.5) is 5.82 Å². The molecule has 4 heterocycles. The number of fused-ring (bicyclic) bond motifs is 1. The molecule has 2 aromatic rings. The van der Waals surface area contributed by atoms with Crippen LogP contribution in [0.1, 0.15) is 50.3 Å². The molecule has 0 spiro atoms. The zero-order chi connectivity index (χ0) is 18.4. The summed E-state index contributed by atoms with van der Waals surface area (Å²) in [5.74, 6) is 2.66. The van der Waals surface area contributed by atoms with E-state index in [-0.39, 0.29) is 0 Å². The van der Waals surface area contributed by atoms with E-state index < -0.39 is 0 Å². The molecule has 7 heteroatoms. The molecule has 0 amide bonds. The first-order valence-electron chi connectivity index (χ1n) is 10.6. The van der Waals surface area contributed by atoms with Crippen LogP contribution in [0.25, 0.3) is 5.65 Å². The van der Waals surface area contributed by atoms with E-state index in [2.05, 4.69) is 51.1 Å². The van der Waals surface area contributed by atoms with Gasteiger partial charge in [0, 0.05) is 31.1 Å². The first-order valence-corrected chi connectivity index (χ1v) is 10.6. The predicted molar refractivity (Wildman–Crippen MR) is 106 cm³/mol. The van der Waals surface area contributed by atoms with Gasteiger partial charge in [-0.1, -0.05) is 6.42 Å². The topological polar surface area (TPSA) is 52.8 Å². The average molecular weight is 370 g/mol. The van der Waals surface area contributed by atoms with Crippen molar-refractivity contribution in [2.75, 3.05) is 45.2 Å². The van der Waals surface area contributed by atoms with Crippen molar-refractivity contribution in [2.45, 2.75) is 56.5 Å². The summed E-state index contributed by atoms with van der Waals surface area (Å²) in [6.07, 6.45) is 7.87. The fraction of sp³-hybridized carbons (Fsp3) is 0.750. The standard InChI is InChI=1S/C20H31N7/c1-24-11-4-3-5-16(24)10-12-25(2)17-13-26(14-17)19-9-8-18-21-22-20(15-6-7-15)27(18)23-19/h8-9,15-17H,3-7,10-14H2,1-2H3. The van der Waals surface area contributed by atoms with E-state index in [9.17, 15) is 0 Å². The predicted octanol–water partition coefficient (Wildman–Crippen LogP) is 2.00. The van der Waals surface area contributed by atoms with Gasteiger partial charge in [0.15, 0.2) is 11.5 Å². The summed E-state index contributed by atoms with van der Waals surface area (Å²) in [5, 5.41) is 13.4. The van der Waals surface area contributed by atoms with Crippen LogP contribution in [0, 0.1) is 0 Å². The van der Waals surface area contributed by atoms with E-state index >= 15 is 0 Å². The van der Waals surface area contributed by atoms with Gasteiger partial charge in [0.2, 0.25) is 0 Å². The second-order valence-electron chi connectivity index (χ2n) is 8.75. The number of likely N-dealkylation sites (tertiary alicyclic amines) is 1. The Bertz CT molecular complexity index is 793. The van der Waals surface area contributed by atoms with E-state index in [1.54, 1.807) is 0 Å². The number of anilines is 1. The minimum Gasteiger partial charge on any atom is -0.352 e. The Hall–Kier alpha value is -1.73. The average Bonchev–Trinajstić information content (AvgIpc) is 3.39. The summed E-state index contributed by atoms with van der Waals surface area (Å²) in [4.78, 5) is 7.48. The summed E-state index contributed by atoms with van der Waals surface area (Å²) in [5.41, 5.74) is 0.867. The Labute approximate surface area is 161 Å². The lowest BCUT2D eigenvalue weighted by molar-refractivity contribution is 0.139. The minimum atomic E-state index is 0.566. The van der Waals surface area contributed by atoms with Crippen LogP contribution in [0.5, 0.6) is 0 Å². The number of likely N-dealkylation sites (N-methyl/N-ethyl adjacent to an activating group) is 1. The number of hydrogen-bond acceptors (Lipinski definition) is 6. The van der Waals surface area contributed by atoms with Crippen molar-refractivity contribution in [1.82, 2.24) is 29.6 Å². The zero-order valence-electron chi connectivity index (χ0n) is 16.6. The highest BCUT2D eigenvalue weighted by molar-refractivity contribution is 5.48. The van der Waals surface area contributed by atoms with Gasteiger partial charge in [0.25, 0.3) is 0 Å². The van der Waals surface area contributed by atoms with E-state index in [1.165, 1.54) is 51.6 Å². The monoisotopic (exact) mass is 369 g/mol. The third-order valence-corrected chi connectivity index (χ3v) is 6.76. The van der Waals surface area contributed by atoms with Gasteiger partial charge in [0.05, 0.1) is 0 Å². The lowest BCUT2D eigenvalue weighted by atomic mass is 9.99. The molecule has 3 fully saturated rings. The summed E-state index contributed by atoms with van der Waals surface area (Å²) in [7, 11) is 4.57. The van der Waals surface area contributed by atoms with Crippen LogP contribution in [0.15, 0.2) is 12.1 Å². The molecule has 0 aromatic carbocycles. The molecule has 27 heavy (non-hydrogen) atoms. The maximum Gasteiger partial charge on any atom is 0.178 e. The van der Waals surface area contributed by atoms with Gasteiger partial charge in [-0.05, 0) is 71.4 Å². The van der Waals surface area contributed by atoms with Crippen molar-refractivity contribution in [3.63, 3.8) is 0 Å². The second-order valence-corrected chi connectivity index (χ2v) is 8.75. The number of rotatable bonds is 6. The fourth-order valence-electron chi connectivity index (χ4n) is 4.53. The van der Waals surface area contributed by atoms with E-state index in [0.717, 1.165) is 36.4 Å². The molecule has 0 N–H and O–H groups in total. The molecule has 1 unspecified atom stereocenters. The molecule has 2 aliphatic heterocycles. The van der Waals surface area contributed by atoms with Crippen LogP contribution >= 0.6 is 0 Å². The van der Waals surface area contributed by atoms with E-state index in [0.29, 0.717) is 12.0 Å². The number of nitrogens with zero attached hydrogens (tertiary/aromatic N) is 7. The van der Waals surface area contributed by atoms with Crippen LogP contribution < -0.4 is 4.90 Å². The lowest BCUT2D eigenvalue weighted by Crippen LogP contribution is -2.59. The van der Waals surface area contributed by atoms with Gasteiger partial charge in [-0.15, -0.1) is 15.3 Å². The molecule has 7 nitrogen and oxygen atoms in total. The van der Waals surface area contributed by atoms with Crippen molar-refractivity contribution in [2.24, 2.45) is 0 Å². The molecule has 2 aromatic heterocycles. The Morgan fingerprint density at radius 3 is 2.74 bits per heavy atom. The lowest BCUT2D eigenvalue weighted by Gasteiger charge is -2.45. The molecular weight excluding hydrogens is 338 g/mol. The quantitative estimate of drug-likeness (QED) is 0.776. The molecule has 146 valence electrons. The molecule has 3 aliphatic rings. The summed E-state index contributed by atoms with van der Waals surface area (Å²) < 4.78 is 1.96. The van der Waals surface area contributed by atoms with Crippen LogP contribution in [-0.2, 0) is 0 Å². The number of hydrogen-bond donors (Lipinski definition) is 0. The Morgan fingerprint density at radius 2 is 1.96 bits per heavy atom. The van der Waals surface area contributed by atoms with Gasteiger partial charge in [0.1, 0.15) is 5.82 Å². The highest BCUT2D eigenvalue weighted by atomic mass is 15.4. The minimum absolute atomic E-state index is 0.566. The van der Waals surface area contributed by atoms with Crippen molar-refractivity contribution in [1.29, 1.82) is 0 Å². The summed E-state index contributed by atoms with van der Waals surface area (Å²) in [6.45, 7) is 4.59. The van der Waals surface area contributed by atoms with Crippen molar-refractivity contribution >= 4 is 11.5 Å². The van der Waals surface area contributed by atoms with Crippen molar-refractivity contribution < 1.29 is 0 Å². The maximum atomic E-state index is 4.83. The van der Waals surface area contributed by atoms with Gasteiger partial charge < -0.3 is 9.80 Å². The molecule has 0 radical (unpaired) electrons. The molecule has 1 saturated carbocycles. The smallest absolute Gasteiger partial charge is 0.178 e. The van der Waals surface area contributed by atoms with Crippen LogP contribution in [0.3, 0.4) is 0 Å². The molecule has 2 saturated heterocycles. The molecule has 1 atom stereocenters. The molecule has 5 rings (SSSR count). The van der Waals surface area contributed by atoms with Gasteiger partial charge in [-0.2, -0.15) is 4.52 Å². The highest BCUT2D eigenvalue weighted by Gasteiger charge is 2.33. The van der Waals surface area contributed by atoms with E-state index in [4.69, 9.17) is 5.10 Å². The Balaban J connectivity index is 1.16. The first-order chi connectivity index (χ1) is 13.2. The number of piperidine rings is 1. The zero-order valence-corrected chi connectivity index (χ0v) is 16.6. The molecule has 1 aliphatic carbocycles. The largest absolute Gasteiger partial charge is 0.352 e. The molecule has 0 bridgehead atoms. The first kappa shape index (κ1) is 17.4. The Morgan fingerprint density at radius 1 is 1.11 bits per heavy atom. The SMILES string of the molecule is CN1CCCCC1CCN(C)C1CN(c2ccc3nnc(C4CC4)n3n2)C1. The Kier molecular flexibility index (Phi) is 4.52. The molecular formula is C20H31N7. The van der Waals surface area contributed by atoms with E-state index in [1.807, 2.05) is 4.52 Å². The third-order valence-electron chi connectivity index (χ3n) is 6.76. The second kappa shape index (κ2) is 7.02. The normalized spacial score (nSPS) is 24.7. The van der Waals surface area contributed by atoms with Crippen LogP contribution in [0.2, 0.25) is 0 Å². The van der Waals surface area contributed by atoms with Gasteiger partial charge in [-0.3, -0.25) is 4.90 Å². The fourth-order valence-corrected chi connectivity index (χ4v) is 4.53. The van der Waals surface area contributed by atoms with Crippen molar-refractivity contribution in [3.8, 4) is 0 Å². The van der Waals surface area contributed by atoms with Gasteiger partial charge in [-0.25, -0.2) is 0 Å². The van der Waals surface area contributed by atoms with Crippen molar-refractivity contribution in [3.05, 3.63) is 18.0 Å². The van der Waals surface area contributed by atoms with Crippen LogP contribution in [-0.4, -0.2) is 82.0 Å². The summed E-state index contributed by atoms with van der Waals surface area (Å²) >= 11 is 0. The number of aromatic nitrogens is 4. The maximum absolute atomic E-state index is 4.83. The highest BCUT2D eigenvalue weighted by Crippen LogP contribution is 2.38.